The highest BCUT2D eigenvalue weighted by Gasteiger charge is 2.30. The van der Waals surface area contributed by atoms with Gasteiger partial charge < -0.3 is 10.2 Å². The number of nitrogens with zero attached hydrogens (tertiary/aromatic N) is 3. The van der Waals surface area contributed by atoms with Crippen molar-refractivity contribution in [1.82, 2.24) is 20.1 Å². The van der Waals surface area contributed by atoms with Crippen LogP contribution < -0.4 is 5.32 Å². The number of halogens is 1. The van der Waals surface area contributed by atoms with Gasteiger partial charge in [0.1, 0.15) is 0 Å². The molecule has 1 N–H and O–H groups in total. The number of carbonyl (C=O) groups excluding carboxylic acids is 1. The summed E-state index contributed by atoms with van der Waals surface area (Å²) in [7, 11) is -3.51. The first-order chi connectivity index (χ1) is 21.2. The second kappa shape index (κ2) is 13.1. The molecule has 0 saturated carbocycles. The lowest BCUT2D eigenvalue weighted by Gasteiger charge is -2.37. The van der Waals surface area contributed by atoms with Gasteiger partial charge in [0.05, 0.1) is 27.7 Å². The van der Waals surface area contributed by atoms with Crippen LogP contribution in [0.3, 0.4) is 0 Å². The van der Waals surface area contributed by atoms with E-state index in [4.69, 9.17) is 4.98 Å². The topological polar surface area (TPSA) is 82.6 Å². The molecular formula is C35H39BrN4O3S. The molecule has 0 bridgehead atoms. The third-order valence-corrected chi connectivity index (χ3v) is 10.7. The first kappa shape index (κ1) is 30.9. The van der Waals surface area contributed by atoms with Gasteiger partial charge in [-0.05, 0) is 94.7 Å². The number of pyridine rings is 1. The SMILES string of the molecule is C[C@H](NC(=O)c1c(CN2CCC(N3CCCC3)CC2)c(-c2cccc(Br)c2)nc2ccc(S(C)(=O)=O)cc12)c1ccccc1. The number of rotatable bonds is 8. The predicted octanol–water partition coefficient (Wildman–Crippen LogP) is 6.62. The minimum atomic E-state index is -3.51. The number of hydrogen-bond acceptors (Lipinski definition) is 6. The average Bonchev–Trinajstić information content (AvgIpc) is 3.56. The summed E-state index contributed by atoms with van der Waals surface area (Å²) in [4.78, 5) is 24.8. The van der Waals surface area contributed by atoms with Crippen LogP contribution in [0, 0.1) is 0 Å². The van der Waals surface area contributed by atoms with Crippen LogP contribution in [0.2, 0.25) is 0 Å². The molecule has 9 heteroatoms. The van der Waals surface area contributed by atoms with Crippen LogP contribution >= 0.6 is 15.9 Å². The van der Waals surface area contributed by atoms with Crippen molar-refractivity contribution in [2.45, 2.75) is 56.1 Å². The lowest BCUT2D eigenvalue weighted by atomic mass is 9.94. The van der Waals surface area contributed by atoms with Gasteiger partial charge in [-0.1, -0.05) is 58.4 Å². The molecule has 2 saturated heterocycles. The molecule has 1 atom stereocenters. The summed E-state index contributed by atoms with van der Waals surface area (Å²) >= 11 is 3.62. The zero-order valence-electron chi connectivity index (χ0n) is 25.3. The first-order valence-corrected chi connectivity index (χ1v) is 18.1. The quantitative estimate of drug-likeness (QED) is 0.226. The molecule has 1 amide bonds. The maximum Gasteiger partial charge on any atom is 0.252 e. The van der Waals surface area contributed by atoms with Gasteiger partial charge in [0.2, 0.25) is 0 Å². The standard InChI is InChI=1S/C35H39BrN4O3S/c1-24(25-9-4-3-5-10-25)37-35(41)33-30-22-29(44(2,42)43)13-14-32(30)38-34(26-11-8-12-27(36)21-26)31(33)23-39-19-15-28(16-20-39)40-17-6-7-18-40/h3-5,8-14,21-22,24,28H,6-7,15-20,23H2,1-2H3,(H,37,41)/t24-/m0/s1. The van der Waals surface area contributed by atoms with Gasteiger partial charge >= 0.3 is 0 Å². The fraction of sp³-hybridized carbons (Fsp3) is 0.371. The molecule has 4 aromatic rings. The summed E-state index contributed by atoms with van der Waals surface area (Å²) in [5, 5.41) is 3.77. The molecule has 2 fully saturated rings. The van der Waals surface area contributed by atoms with E-state index >= 15 is 0 Å². The van der Waals surface area contributed by atoms with Gasteiger partial charge in [-0.25, -0.2) is 13.4 Å². The first-order valence-electron chi connectivity index (χ1n) is 15.4. The predicted molar refractivity (Wildman–Crippen MR) is 179 cm³/mol. The Balaban J connectivity index is 1.47. The van der Waals surface area contributed by atoms with E-state index in [1.165, 1.54) is 32.2 Å². The molecule has 230 valence electrons. The van der Waals surface area contributed by atoms with Crippen LogP contribution in [0.5, 0.6) is 0 Å². The number of hydrogen-bond donors (Lipinski definition) is 1. The van der Waals surface area contributed by atoms with Crippen LogP contribution in [0.1, 0.15) is 60.1 Å². The second-order valence-corrected chi connectivity index (χ2v) is 15.1. The third kappa shape index (κ3) is 6.76. The molecular weight excluding hydrogens is 636 g/mol. The lowest BCUT2D eigenvalue weighted by molar-refractivity contribution is 0.0936. The molecule has 2 aliphatic rings. The van der Waals surface area contributed by atoms with Gasteiger partial charge in [-0.15, -0.1) is 0 Å². The van der Waals surface area contributed by atoms with Crippen LogP contribution in [0.4, 0.5) is 0 Å². The second-order valence-electron chi connectivity index (χ2n) is 12.1. The number of piperidine rings is 1. The van der Waals surface area contributed by atoms with Gasteiger partial charge in [0.15, 0.2) is 9.84 Å². The molecule has 0 unspecified atom stereocenters. The van der Waals surface area contributed by atoms with Crippen molar-refractivity contribution in [2.24, 2.45) is 0 Å². The Labute approximate surface area is 268 Å². The normalized spacial score (nSPS) is 17.6. The number of nitrogens with one attached hydrogen (secondary N) is 1. The van der Waals surface area contributed by atoms with Gasteiger partial charge in [0, 0.05) is 39.8 Å². The summed E-state index contributed by atoms with van der Waals surface area (Å²) in [6.45, 7) is 6.77. The van der Waals surface area contributed by atoms with E-state index in [2.05, 4.69) is 31.0 Å². The molecule has 3 aromatic carbocycles. The third-order valence-electron chi connectivity index (χ3n) is 9.05. The molecule has 0 aliphatic carbocycles. The fourth-order valence-electron chi connectivity index (χ4n) is 6.67. The van der Waals surface area contributed by atoms with Crippen molar-refractivity contribution in [3.8, 4) is 11.3 Å². The maximum absolute atomic E-state index is 14.4. The number of aromatic nitrogens is 1. The minimum absolute atomic E-state index is 0.171. The number of sulfone groups is 1. The van der Waals surface area contributed by atoms with Crippen molar-refractivity contribution in [1.29, 1.82) is 0 Å². The van der Waals surface area contributed by atoms with Crippen LogP contribution in [-0.2, 0) is 16.4 Å². The van der Waals surface area contributed by atoms with E-state index in [-0.39, 0.29) is 16.8 Å². The average molecular weight is 676 g/mol. The van der Waals surface area contributed by atoms with Gasteiger partial charge in [-0.2, -0.15) is 0 Å². The van der Waals surface area contributed by atoms with Gasteiger partial charge in [-0.3, -0.25) is 9.69 Å². The molecule has 6 rings (SSSR count). The number of benzene rings is 3. The summed E-state index contributed by atoms with van der Waals surface area (Å²) < 4.78 is 26.2. The van der Waals surface area contributed by atoms with Crippen molar-refractivity contribution in [3.63, 3.8) is 0 Å². The summed E-state index contributed by atoms with van der Waals surface area (Å²) in [6, 6.07) is 23.1. The van der Waals surface area contributed by atoms with Gasteiger partial charge in [0.25, 0.3) is 5.91 Å². The van der Waals surface area contributed by atoms with Crippen molar-refractivity contribution in [2.75, 3.05) is 32.4 Å². The Morgan fingerprint density at radius 3 is 2.39 bits per heavy atom. The monoisotopic (exact) mass is 674 g/mol. The number of amides is 1. The highest BCUT2D eigenvalue weighted by Crippen LogP contribution is 2.35. The Hall–Kier alpha value is -3.11. The molecule has 44 heavy (non-hydrogen) atoms. The molecule has 7 nitrogen and oxygen atoms in total. The molecule has 2 aliphatic heterocycles. The van der Waals surface area contributed by atoms with E-state index in [0.29, 0.717) is 29.1 Å². The van der Waals surface area contributed by atoms with Crippen molar-refractivity contribution in [3.05, 3.63) is 94.0 Å². The number of likely N-dealkylation sites (tertiary alicyclic amines) is 2. The summed E-state index contributed by atoms with van der Waals surface area (Å²) in [5.74, 6) is -0.238. The maximum atomic E-state index is 14.4. The van der Waals surface area contributed by atoms with Crippen molar-refractivity contribution >= 4 is 42.6 Å². The molecule has 0 radical (unpaired) electrons. The summed E-state index contributed by atoms with van der Waals surface area (Å²) in [5.41, 5.74) is 4.53. The van der Waals surface area contributed by atoms with E-state index in [1.807, 2.05) is 61.5 Å². The van der Waals surface area contributed by atoms with Crippen LogP contribution in [0.15, 0.2) is 82.2 Å². The molecule has 0 spiro atoms. The zero-order valence-corrected chi connectivity index (χ0v) is 27.7. The molecule has 3 heterocycles. The van der Waals surface area contributed by atoms with E-state index in [0.717, 1.165) is 52.8 Å². The van der Waals surface area contributed by atoms with Crippen LogP contribution in [0.25, 0.3) is 22.2 Å². The highest BCUT2D eigenvalue weighted by atomic mass is 79.9. The zero-order chi connectivity index (χ0) is 30.8. The highest BCUT2D eigenvalue weighted by molar-refractivity contribution is 9.10. The van der Waals surface area contributed by atoms with E-state index in [9.17, 15) is 13.2 Å². The van der Waals surface area contributed by atoms with E-state index < -0.39 is 9.84 Å². The van der Waals surface area contributed by atoms with Crippen molar-refractivity contribution < 1.29 is 13.2 Å². The smallest absolute Gasteiger partial charge is 0.252 e. The number of carbonyl (C=O) groups is 1. The van der Waals surface area contributed by atoms with E-state index in [1.54, 1.807) is 18.2 Å². The Morgan fingerprint density at radius 2 is 1.70 bits per heavy atom. The minimum Gasteiger partial charge on any atom is -0.345 e. The largest absolute Gasteiger partial charge is 0.345 e. The number of fused-ring (bicyclic) bond motifs is 1. The molecule has 1 aromatic heterocycles. The Morgan fingerprint density at radius 1 is 0.977 bits per heavy atom. The summed E-state index contributed by atoms with van der Waals surface area (Å²) in [6.07, 6.45) is 5.96. The Kier molecular flexibility index (Phi) is 9.19. The fourth-order valence-corrected chi connectivity index (χ4v) is 7.71. The van der Waals surface area contributed by atoms with Crippen LogP contribution in [-0.4, -0.2) is 67.6 Å². The lowest BCUT2D eigenvalue weighted by Crippen LogP contribution is -2.43. The Bertz CT molecular complexity index is 1770.